The quantitative estimate of drug-likeness (QED) is 0.562. The first kappa shape index (κ1) is 19.2. The van der Waals surface area contributed by atoms with Gasteiger partial charge in [-0.2, -0.15) is 0 Å². The molecule has 3 aromatic rings. The molecule has 0 atom stereocenters. The molecule has 0 aliphatic rings. The first-order chi connectivity index (χ1) is 13.1. The summed E-state index contributed by atoms with van der Waals surface area (Å²) in [6, 6.07) is 11.3. The zero-order chi connectivity index (χ0) is 19.2. The Kier molecular flexibility index (Phi) is 6.34. The van der Waals surface area contributed by atoms with Gasteiger partial charge in [-0.05, 0) is 46.6 Å². The second kappa shape index (κ2) is 8.90. The number of nitrogens with zero attached hydrogens (tertiary/aromatic N) is 1. The van der Waals surface area contributed by atoms with Crippen LogP contribution in [0.15, 0.2) is 40.9 Å². The van der Waals surface area contributed by atoms with Gasteiger partial charge in [0.25, 0.3) is 5.91 Å². The molecule has 3 rings (SSSR count). The molecule has 1 heterocycles. The van der Waals surface area contributed by atoms with Gasteiger partial charge in [-0.1, -0.05) is 19.1 Å². The smallest absolute Gasteiger partial charge is 0.251 e. The first-order valence-electron chi connectivity index (χ1n) is 8.84. The fourth-order valence-corrected chi connectivity index (χ4v) is 3.27. The van der Waals surface area contributed by atoms with E-state index in [1.165, 1.54) is 0 Å². The van der Waals surface area contributed by atoms with Crippen molar-refractivity contribution in [2.24, 2.45) is 0 Å². The number of methoxy groups -OCH3 is 1. The number of rotatable bonds is 8. The van der Waals surface area contributed by atoms with E-state index < -0.39 is 0 Å². The van der Waals surface area contributed by atoms with E-state index in [0.29, 0.717) is 41.1 Å². The molecule has 27 heavy (non-hydrogen) atoms. The van der Waals surface area contributed by atoms with E-state index in [4.69, 9.17) is 9.47 Å². The normalized spacial score (nSPS) is 10.8. The van der Waals surface area contributed by atoms with E-state index in [0.717, 1.165) is 23.3 Å². The van der Waals surface area contributed by atoms with Crippen molar-refractivity contribution in [2.45, 2.75) is 19.8 Å². The van der Waals surface area contributed by atoms with E-state index in [1.54, 1.807) is 19.2 Å². The van der Waals surface area contributed by atoms with Crippen molar-refractivity contribution in [3.63, 3.8) is 0 Å². The molecule has 0 aliphatic heterocycles. The lowest BCUT2D eigenvalue weighted by molar-refractivity contribution is 0.0953. The predicted octanol–water partition coefficient (Wildman–Crippen LogP) is 4.10. The number of imidazole rings is 1. The molecule has 1 aromatic heterocycles. The van der Waals surface area contributed by atoms with Crippen LogP contribution in [0.5, 0.6) is 11.5 Å². The Balaban J connectivity index is 1.64. The number of halogens is 1. The average Bonchev–Trinajstić information content (AvgIpc) is 3.09. The average molecular weight is 432 g/mol. The highest BCUT2D eigenvalue weighted by molar-refractivity contribution is 9.10. The number of amides is 1. The van der Waals surface area contributed by atoms with Gasteiger partial charge >= 0.3 is 0 Å². The number of hydrogen-bond acceptors (Lipinski definition) is 4. The highest BCUT2D eigenvalue weighted by atomic mass is 79.9. The molecule has 6 nitrogen and oxygen atoms in total. The summed E-state index contributed by atoms with van der Waals surface area (Å²) in [5.41, 5.74) is 2.43. The summed E-state index contributed by atoms with van der Waals surface area (Å²) in [6.45, 7) is 3.09. The van der Waals surface area contributed by atoms with Crippen molar-refractivity contribution < 1.29 is 14.3 Å². The molecule has 0 fully saturated rings. The third kappa shape index (κ3) is 4.60. The second-order valence-electron chi connectivity index (χ2n) is 6.04. The zero-order valence-electron chi connectivity index (χ0n) is 15.3. The number of carbonyl (C=O) groups excluding carboxylic acids is 1. The minimum absolute atomic E-state index is 0.174. The van der Waals surface area contributed by atoms with Crippen molar-refractivity contribution in [2.75, 3.05) is 20.3 Å². The van der Waals surface area contributed by atoms with Crippen LogP contribution in [0.2, 0.25) is 0 Å². The van der Waals surface area contributed by atoms with Crippen LogP contribution in [0.1, 0.15) is 29.5 Å². The van der Waals surface area contributed by atoms with Crippen molar-refractivity contribution in [1.29, 1.82) is 0 Å². The SMILES string of the molecule is CCCOc1c(Br)cc(C(=O)NCCc2nc3ccccc3[nH]2)cc1OC. The number of carbonyl (C=O) groups is 1. The number of fused-ring (bicyclic) bond motifs is 1. The Bertz CT molecular complexity index is 906. The van der Waals surface area contributed by atoms with Crippen molar-refractivity contribution in [3.05, 3.63) is 52.3 Å². The Morgan fingerprint density at radius 2 is 2.11 bits per heavy atom. The van der Waals surface area contributed by atoms with Gasteiger partial charge < -0.3 is 19.8 Å². The summed E-state index contributed by atoms with van der Waals surface area (Å²) in [6.07, 6.45) is 1.51. The fourth-order valence-electron chi connectivity index (χ4n) is 2.72. The minimum Gasteiger partial charge on any atom is -0.493 e. The summed E-state index contributed by atoms with van der Waals surface area (Å²) in [5, 5.41) is 2.92. The van der Waals surface area contributed by atoms with E-state index >= 15 is 0 Å². The number of nitrogens with one attached hydrogen (secondary N) is 2. The molecule has 2 aromatic carbocycles. The Labute approximate surface area is 166 Å². The van der Waals surface area contributed by atoms with Crippen LogP contribution in [0.3, 0.4) is 0 Å². The van der Waals surface area contributed by atoms with Gasteiger partial charge in [0.15, 0.2) is 11.5 Å². The number of hydrogen-bond donors (Lipinski definition) is 2. The molecular formula is C20H22BrN3O3. The van der Waals surface area contributed by atoms with Crippen LogP contribution in [0, 0.1) is 0 Å². The van der Waals surface area contributed by atoms with Crippen molar-refractivity contribution in [3.8, 4) is 11.5 Å². The molecule has 0 bridgehead atoms. The number of benzene rings is 2. The van der Waals surface area contributed by atoms with Gasteiger partial charge in [-0.3, -0.25) is 4.79 Å². The molecule has 0 spiro atoms. The third-order valence-electron chi connectivity index (χ3n) is 4.03. The molecule has 0 radical (unpaired) electrons. The maximum Gasteiger partial charge on any atom is 0.251 e. The van der Waals surface area contributed by atoms with Gasteiger partial charge in [-0.25, -0.2) is 4.98 Å². The molecule has 7 heteroatoms. The van der Waals surface area contributed by atoms with Gasteiger partial charge in [0, 0.05) is 18.5 Å². The molecule has 0 saturated carbocycles. The third-order valence-corrected chi connectivity index (χ3v) is 4.62. The maximum absolute atomic E-state index is 12.5. The molecule has 2 N–H and O–H groups in total. The van der Waals surface area contributed by atoms with Gasteiger partial charge in [0.2, 0.25) is 0 Å². The van der Waals surface area contributed by atoms with E-state index in [-0.39, 0.29) is 5.91 Å². The zero-order valence-corrected chi connectivity index (χ0v) is 16.9. The lowest BCUT2D eigenvalue weighted by atomic mass is 10.2. The van der Waals surface area contributed by atoms with E-state index in [9.17, 15) is 4.79 Å². The van der Waals surface area contributed by atoms with Gasteiger partial charge in [0.1, 0.15) is 5.82 Å². The molecule has 0 saturated heterocycles. The monoisotopic (exact) mass is 431 g/mol. The number of para-hydroxylation sites is 2. The van der Waals surface area contributed by atoms with Crippen molar-refractivity contribution in [1.82, 2.24) is 15.3 Å². The summed E-state index contributed by atoms with van der Waals surface area (Å²) < 4.78 is 11.8. The van der Waals surface area contributed by atoms with Crippen LogP contribution in [-0.4, -0.2) is 36.1 Å². The number of H-pyrrole nitrogens is 1. The summed E-state index contributed by atoms with van der Waals surface area (Å²) in [7, 11) is 1.56. The Hall–Kier alpha value is -2.54. The van der Waals surface area contributed by atoms with E-state index in [2.05, 4.69) is 31.2 Å². The standard InChI is InChI=1S/C20H22BrN3O3/c1-3-10-27-19-14(21)11-13(12-17(19)26-2)20(25)22-9-8-18-23-15-6-4-5-7-16(15)24-18/h4-7,11-12H,3,8-10H2,1-2H3,(H,22,25)(H,23,24). The Morgan fingerprint density at radius 3 is 2.85 bits per heavy atom. The fraction of sp³-hybridized carbons (Fsp3) is 0.300. The molecule has 1 amide bonds. The molecule has 142 valence electrons. The van der Waals surface area contributed by atoms with Crippen LogP contribution in [0.25, 0.3) is 11.0 Å². The minimum atomic E-state index is -0.174. The highest BCUT2D eigenvalue weighted by Gasteiger charge is 2.15. The second-order valence-corrected chi connectivity index (χ2v) is 6.90. The van der Waals surface area contributed by atoms with E-state index in [1.807, 2.05) is 31.2 Å². The highest BCUT2D eigenvalue weighted by Crippen LogP contribution is 2.36. The van der Waals surface area contributed by atoms with Gasteiger partial charge in [-0.15, -0.1) is 0 Å². The maximum atomic E-state index is 12.5. The molecule has 0 unspecified atom stereocenters. The Morgan fingerprint density at radius 1 is 1.30 bits per heavy atom. The van der Waals surface area contributed by atoms with Gasteiger partial charge in [0.05, 0.1) is 29.2 Å². The summed E-state index contributed by atoms with van der Waals surface area (Å²) in [4.78, 5) is 20.3. The van der Waals surface area contributed by atoms with Crippen LogP contribution >= 0.6 is 15.9 Å². The largest absolute Gasteiger partial charge is 0.493 e. The summed E-state index contributed by atoms with van der Waals surface area (Å²) >= 11 is 3.46. The molecular weight excluding hydrogens is 410 g/mol. The lowest BCUT2D eigenvalue weighted by Crippen LogP contribution is -2.26. The number of aromatic amines is 1. The first-order valence-corrected chi connectivity index (χ1v) is 9.63. The van der Waals surface area contributed by atoms with Crippen molar-refractivity contribution >= 4 is 32.9 Å². The van der Waals surface area contributed by atoms with Crippen LogP contribution in [0.4, 0.5) is 0 Å². The predicted molar refractivity (Wildman–Crippen MR) is 109 cm³/mol. The topological polar surface area (TPSA) is 76.2 Å². The lowest BCUT2D eigenvalue weighted by Gasteiger charge is -2.14. The number of ether oxygens (including phenoxy) is 2. The van der Waals surface area contributed by atoms with Crippen LogP contribution in [-0.2, 0) is 6.42 Å². The molecule has 0 aliphatic carbocycles. The number of aromatic nitrogens is 2. The van der Waals surface area contributed by atoms with Crippen LogP contribution < -0.4 is 14.8 Å². The summed E-state index contributed by atoms with van der Waals surface area (Å²) in [5.74, 6) is 1.81.